The maximum atomic E-state index is 12.5. The molecule has 1 heterocycles. The van der Waals surface area contributed by atoms with Crippen molar-refractivity contribution in [3.63, 3.8) is 0 Å². The van der Waals surface area contributed by atoms with Gasteiger partial charge in [0.05, 0.1) is 11.9 Å². The van der Waals surface area contributed by atoms with Crippen LogP contribution in [0.2, 0.25) is 0 Å². The third-order valence-corrected chi connectivity index (χ3v) is 4.35. The molecule has 2 aromatic rings. The van der Waals surface area contributed by atoms with E-state index in [1.54, 1.807) is 6.92 Å². The van der Waals surface area contributed by atoms with Gasteiger partial charge in [0.1, 0.15) is 5.56 Å². The largest absolute Gasteiger partial charge is 0.451 e. The van der Waals surface area contributed by atoms with Gasteiger partial charge in [-0.1, -0.05) is 19.0 Å². The molecule has 146 valence electrons. The summed E-state index contributed by atoms with van der Waals surface area (Å²) in [5.41, 5.74) is 1.26. The quantitative estimate of drug-likeness (QED) is 0.567. The Labute approximate surface area is 157 Å². The van der Waals surface area contributed by atoms with Crippen LogP contribution in [0.1, 0.15) is 58.9 Å². The van der Waals surface area contributed by atoms with Gasteiger partial charge in [0, 0.05) is 17.2 Å². The summed E-state index contributed by atoms with van der Waals surface area (Å²) in [6, 6.07) is 5.85. The molecule has 9 heteroatoms. The van der Waals surface area contributed by atoms with E-state index < -0.39 is 27.9 Å². The summed E-state index contributed by atoms with van der Waals surface area (Å²) in [7, 11) is -3.40. The zero-order valence-electron chi connectivity index (χ0n) is 15.8. The molecule has 0 unspecified atom stereocenters. The number of anilines is 1. The van der Waals surface area contributed by atoms with E-state index in [0.717, 1.165) is 6.26 Å². The second kappa shape index (κ2) is 7.91. The van der Waals surface area contributed by atoms with Gasteiger partial charge in [-0.2, -0.15) is 0 Å². The Kier molecular flexibility index (Phi) is 6.04. The van der Waals surface area contributed by atoms with Crippen molar-refractivity contribution in [2.75, 3.05) is 11.0 Å². The summed E-state index contributed by atoms with van der Waals surface area (Å²) in [4.78, 5) is 25.0. The van der Waals surface area contributed by atoms with Gasteiger partial charge in [-0.15, -0.1) is 0 Å². The fourth-order valence-corrected chi connectivity index (χ4v) is 3.02. The number of carbonyl (C=O) groups is 2. The first-order valence-electron chi connectivity index (χ1n) is 8.28. The summed E-state index contributed by atoms with van der Waals surface area (Å²) in [6.07, 6.45) is 0.00616. The minimum Gasteiger partial charge on any atom is -0.451 e. The van der Waals surface area contributed by atoms with Crippen LogP contribution in [-0.4, -0.2) is 37.7 Å². The van der Waals surface area contributed by atoms with Gasteiger partial charge < -0.3 is 9.26 Å². The molecule has 1 N–H and O–H groups in total. The second-order valence-corrected chi connectivity index (χ2v) is 8.27. The number of nitrogens with zero attached hydrogens (tertiary/aromatic N) is 1. The van der Waals surface area contributed by atoms with Crippen molar-refractivity contribution in [1.82, 2.24) is 5.16 Å². The number of aromatic nitrogens is 1. The Morgan fingerprint density at radius 3 is 2.26 bits per heavy atom. The van der Waals surface area contributed by atoms with Crippen LogP contribution in [0, 0.1) is 6.92 Å². The van der Waals surface area contributed by atoms with Crippen molar-refractivity contribution in [3.8, 4) is 0 Å². The number of esters is 1. The van der Waals surface area contributed by atoms with E-state index >= 15 is 0 Å². The zero-order chi connectivity index (χ0) is 20.4. The highest BCUT2D eigenvalue weighted by Gasteiger charge is 2.27. The molecule has 8 nitrogen and oxygen atoms in total. The minimum atomic E-state index is -3.40. The molecule has 0 fully saturated rings. The number of rotatable bonds is 7. The predicted octanol–water partition coefficient (Wildman–Crippen LogP) is 2.91. The molecule has 0 saturated heterocycles. The van der Waals surface area contributed by atoms with Crippen LogP contribution in [0.15, 0.2) is 28.8 Å². The maximum Gasteiger partial charge on any atom is 0.344 e. The van der Waals surface area contributed by atoms with E-state index in [1.165, 1.54) is 31.2 Å². The van der Waals surface area contributed by atoms with Gasteiger partial charge >= 0.3 is 5.97 Å². The Balaban J connectivity index is 2.12. The smallest absolute Gasteiger partial charge is 0.344 e. The minimum absolute atomic E-state index is 0.0605. The lowest BCUT2D eigenvalue weighted by molar-refractivity contribution is 0.0315. The first-order chi connectivity index (χ1) is 12.5. The van der Waals surface area contributed by atoms with Crippen LogP contribution in [0.3, 0.4) is 0 Å². The average molecular weight is 394 g/mol. The lowest BCUT2D eigenvalue weighted by atomic mass is 10.0. The van der Waals surface area contributed by atoms with Gasteiger partial charge in [-0.05, 0) is 38.1 Å². The number of hydrogen-bond acceptors (Lipinski definition) is 7. The Bertz CT molecular complexity index is 945. The van der Waals surface area contributed by atoms with Crippen LogP contribution in [0.4, 0.5) is 5.69 Å². The monoisotopic (exact) mass is 394 g/mol. The number of benzene rings is 1. The normalized spacial score (nSPS) is 12.7. The number of nitrogens with one attached hydrogen (secondary N) is 1. The number of hydrogen-bond donors (Lipinski definition) is 1. The molecule has 2 rings (SSSR count). The van der Waals surface area contributed by atoms with Crippen molar-refractivity contribution in [3.05, 3.63) is 46.8 Å². The highest BCUT2D eigenvalue weighted by atomic mass is 32.2. The molecule has 0 spiro atoms. The lowest BCUT2D eigenvalue weighted by Crippen LogP contribution is -2.25. The number of sulfonamides is 1. The molecule has 0 aliphatic heterocycles. The first-order valence-corrected chi connectivity index (χ1v) is 10.2. The Morgan fingerprint density at radius 1 is 1.15 bits per heavy atom. The molecule has 0 bridgehead atoms. The van der Waals surface area contributed by atoms with Gasteiger partial charge in [0.2, 0.25) is 15.8 Å². The molecular formula is C18H22N2O6S. The third-order valence-electron chi connectivity index (χ3n) is 3.74. The van der Waals surface area contributed by atoms with Gasteiger partial charge in [-0.3, -0.25) is 9.52 Å². The van der Waals surface area contributed by atoms with E-state index in [4.69, 9.17) is 9.26 Å². The van der Waals surface area contributed by atoms with Crippen LogP contribution in [-0.2, 0) is 14.8 Å². The van der Waals surface area contributed by atoms with Crippen molar-refractivity contribution in [2.24, 2.45) is 0 Å². The highest BCUT2D eigenvalue weighted by molar-refractivity contribution is 7.92. The highest BCUT2D eigenvalue weighted by Crippen LogP contribution is 2.24. The molecular weight excluding hydrogens is 372 g/mol. The number of Topliss-reactive ketones (excluding diaryl/α,β-unsaturated/α-hetero) is 1. The number of aryl methyl sites for hydroxylation is 1. The summed E-state index contributed by atoms with van der Waals surface area (Å²) in [6.45, 7) is 6.82. The molecule has 0 amide bonds. The average Bonchev–Trinajstić information content (AvgIpc) is 2.95. The van der Waals surface area contributed by atoms with Gasteiger partial charge in [-0.25, -0.2) is 13.2 Å². The molecule has 1 atom stereocenters. The van der Waals surface area contributed by atoms with E-state index in [1.807, 2.05) is 13.8 Å². The van der Waals surface area contributed by atoms with Crippen LogP contribution in [0.25, 0.3) is 0 Å². The summed E-state index contributed by atoms with van der Waals surface area (Å²) in [5.74, 6) is -0.730. The van der Waals surface area contributed by atoms with E-state index in [0.29, 0.717) is 22.7 Å². The van der Waals surface area contributed by atoms with Crippen LogP contribution < -0.4 is 4.72 Å². The van der Waals surface area contributed by atoms with E-state index in [9.17, 15) is 18.0 Å². The van der Waals surface area contributed by atoms with Crippen molar-refractivity contribution in [2.45, 2.75) is 39.7 Å². The van der Waals surface area contributed by atoms with E-state index in [-0.39, 0.29) is 11.5 Å². The molecule has 0 aliphatic carbocycles. The molecule has 1 aromatic heterocycles. The number of ether oxygens (including phenoxy) is 1. The molecule has 27 heavy (non-hydrogen) atoms. The van der Waals surface area contributed by atoms with Crippen molar-refractivity contribution >= 4 is 27.5 Å². The van der Waals surface area contributed by atoms with Gasteiger partial charge in [0.15, 0.2) is 11.9 Å². The maximum absolute atomic E-state index is 12.5. The Hall–Kier alpha value is -2.68. The second-order valence-electron chi connectivity index (χ2n) is 6.53. The first kappa shape index (κ1) is 20.6. The summed E-state index contributed by atoms with van der Waals surface area (Å²) >= 11 is 0. The van der Waals surface area contributed by atoms with Crippen LogP contribution >= 0.6 is 0 Å². The fraction of sp³-hybridized carbons (Fsp3) is 0.389. The summed E-state index contributed by atoms with van der Waals surface area (Å²) in [5, 5.41) is 3.79. The number of ketones is 1. The summed E-state index contributed by atoms with van der Waals surface area (Å²) < 4.78 is 35.2. The molecule has 0 radical (unpaired) electrons. The number of carbonyl (C=O) groups excluding carboxylic acids is 2. The molecule has 0 saturated carbocycles. The third kappa shape index (κ3) is 5.16. The predicted molar refractivity (Wildman–Crippen MR) is 99.4 cm³/mol. The molecule has 0 aliphatic rings. The van der Waals surface area contributed by atoms with E-state index in [2.05, 4.69) is 9.88 Å². The topological polar surface area (TPSA) is 116 Å². The zero-order valence-corrected chi connectivity index (χ0v) is 16.6. The fourth-order valence-electron chi connectivity index (χ4n) is 2.45. The van der Waals surface area contributed by atoms with Crippen LogP contribution in [0.5, 0.6) is 0 Å². The van der Waals surface area contributed by atoms with Crippen molar-refractivity contribution in [1.29, 1.82) is 0 Å². The SMILES string of the molecule is Cc1noc(C(C)C)c1C(=O)O[C@@H](C)C(=O)c1ccc(NS(C)(=O)=O)cc1. The molecule has 1 aromatic carbocycles. The van der Waals surface area contributed by atoms with Crippen molar-refractivity contribution < 1.29 is 27.3 Å². The Morgan fingerprint density at radius 2 is 1.74 bits per heavy atom. The standard InChI is InChI=1S/C18H22N2O6S/c1-10(2)17-15(11(3)19-26-17)18(22)25-12(4)16(21)13-6-8-14(9-7-13)20-27(5,23)24/h6-10,12,20H,1-5H3/t12-/m0/s1. The van der Waals surface area contributed by atoms with Gasteiger partial charge in [0.25, 0.3) is 0 Å². The lowest BCUT2D eigenvalue weighted by Gasteiger charge is -2.13.